The molecule has 3 heterocycles. The molecule has 4 rings (SSSR count). The van der Waals surface area contributed by atoms with Gasteiger partial charge in [-0.2, -0.15) is 0 Å². The van der Waals surface area contributed by atoms with E-state index in [0.717, 1.165) is 51.2 Å². The molecule has 0 aromatic carbocycles. The zero-order valence-corrected chi connectivity index (χ0v) is 17.7. The molecule has 3 fully saturated rings. The zero-order valence-electron chi connectivity index (χ0n) is 16.9. The van der Waals surface area contributed by atoms with E-state index in [0.29, 0.717) is 23.1 Å². The molecule has 2 amide bonds. The van der Waals surface area contributed by atoms with Crippen LogP contribution in [0.15, 0.2) is 10.5 Å². The SMILES string of the molecule is Cc1cc(C(=O)NC2CCN(C(=O)[C@@]34CCCC[C@H]3CNC4)CC2)c(C)o1.Cl. The minimum absolute atomic E-state index is 0. The van der Waals surface area contributed by atoms with Gasteiger partial charge in [0.25, 0.3) is 5.91 Å². The number of nitrogens with zero attached hydrogens (tertiary/aromatic N) is 1. The largest absolute Gasteiger partial charge is 0.466 e. The molecule has 0 unspecified atom stereocenters. The Balaban J connectivity index is 0.00000225. The predicted octanol–water partition coefficient (Wildman–Crippen LogP) is 2.82. The Morgan fingerprint density at radius 3 is 2.64 bits per heavy atom. The van der Waals surface area contributed by atoms with Gasteiger partial charge >= 0.3 is 0 Å². The number of nitrogens with one attached hydrogen (secondary N) is 2. The van der Waals surface area contributed by atoms with Crippen LogP contribution in [0.2, 0.25) is 0 Å². The second kappa shape index (κ2) is 8.46. The normalized spacial score (nSPS) is 27.8. The van der Waals surface area contributed by atoms with Gasteiger partial charge in [-0.15, -0.1) is 12.4 Å². The smallest absolute Gasteiger partial charge is 0.255 e. The standard InChI is InChI=1S/C21H31N3O3.ClH/c1-14-11-18(15(2)27-14)19(25)23-17-6-9-24(10-7-17)20(26)21-8-4-3-5-16(21)12-22-13-21;/h11,16-17,22H,3-10,12-13H2,1-2H3,(H,23,25);1H/t16-,21+;/m0./s1. The predicted molar refractivity (Wildman–Crippen MR) is 110 cm³/mol. The topological polar surface area (TPSA) is 74.6 Å². The molecule has 2 aliphatic heterocycles. The highest BCUT2D eigenvalue weighted by atomic mass is 35.5. The van der Waals surface area contributed by atoms with Crippen LogP contribution >= 0.6 is 12.4 Å². The van der Waals surface area contributed by atoms with Crippen molar-refractivity contribution >= 4 is 24.2 Å². The van der Waals surface area contributed by atoms with Crippen molar-refractivity contribution in [2.75, 3.05) is 26.2 Å². The van der Waals surface area contributed by atoms with Gasteiger partial charge in [0.1, 0.15) is 11.5 Å². The maximum absolute atomic E-state index is 13.3. The van der Waals surface area contributed by atoms with Crippen molar-refractivity contribution in [1.82, 2.24) is 15.5 Å². The Bertz CT molecular complexity index is 726. The van der Waals surface area contributed by atoms with E-state index < -0.39 is 0 Å². The number of carbonyl (C=O) groups is 2. The molecule has 7 heteroatoms. The molecule has 1 aromatic rings. The molecule has 1 saturated carbocycles. The molecule has 1 aromatic heterocycles. The van der Waals surface area contributed by atoms with Crippen molar-refractivity contribution in [3.63, 3.8) is 0 Å². The van der Waals surface area contributed by atoms with Gasteiger partial charge in [-0.1, -0.05) is 12.8 Å². The second-order valence-electron chi connectivity index (χ2n) is 8.60. The van der Waals surface area contributed by atoms with Gasteiger partial charge in [-0.3, -0.25) is 9.59 Å². The molecule has 2 N–H and O–H groups in total. The molecule has 0 bridgehead atoms. The van der Waals surface area contributed by atoms with E-state index >= 15 is 0 Å². The lowest BCUT2D eigenvalue weighted by Crippen LogP contribution is -2.54. The third kappa shape index (κ3) is 3.81. The number of likely N-dealkylation sites (tertiary alicyclic amines) is 1. The third-order valence-corrected chi connectivity index (χ3v) is 6.87. The number of furan rings is 1. The van der Waals surface area contributed by atoms with Crippen molar-refractivity contribution in [3.05, 3.63) is 23.2 Å². The van der Waals surface area contributed by atoms with Crippen LogP contribution in [0, 0.1) is 25.2 Å². The van der Waals surface area contributed by atoms with Crippen LogP contribution in [0.5, 0.6) is 0 Å². The summed E-state index contributed by atoms with van der Waals surface area (Å²) in [5.74, 6) is 2.20. The number of rotatable bonds is 3. The number of hydrogen-bond acceptors (Lipinski definition) is 4. The Kier molecular flexibility index (Phi) is 6.40. The highest BCUT2D eigenvalue weighted by molar-refractivity contribution is 5.95. The number of halogens is 1. The lowest BCUT2D eigenvalue weighted by Gasteiger charge is -2.43. The summed E-state index contributed by atoms with van der Waals surface area (Å²) in [6, 6.07) is 1.91. The Morgan fingerprint density at radius 1 is 1.21 bits per heavy atom. The Labute approximate surface area is 173 Å². The molecular weight excluding hydrogens is 378 g/mol. The average Bonchev–Trinajstić information content (AvgIpc) is 3.25. The minimum atomic E-state index is -0.167. The molecule has 2 atom stereocenters. The van der Waals surface area contributed by atoms with Crippen molar-refractivity contribution in [2.24, 2.45) is 11.3 Å². The van der Waals surface area contributed by atoms with Crippen molar-refractivity contribution in [3.8, 4) is 0 Å². The lowest BCUT2D eigenvalue weighted by molar-refractivity contribution is -0.146. The maximum Gasteiger partial charge on any atom is 0.255 e. The molecule has 156 valence electrons. The molecule has 0 radical (unpaired) electrons. The van der Waals surface area contributed by atoms with E-state index in [1.807, 2.05) is 13.8 Å². The quantitative estimate of drug-likeness (QED) is 0.804. The highest BCUT2D eigenvalue weighted by Gasteiger charge is 2.51. The van der Waals surface area contributed by atoms with Gasteiger partial charge in [-0.25, -0.2) is 0 Å². The van der Waals surface area contributed by atoms with Gasteiger partial charge < -0.3 is 20.0 Å². The van der Waals surface area contributed by atoms with Crippen molar-refractivity contribution < 1.29 is 14.0 Å². The molecule has 1 aliphatic carbocycles. The van der Waals surface area contributed by atoms with Gasteiger partial charge in [0.05, 0.1) is 11.0 Å². The van der Waals surface area contributed by atoms with Gasteiger partial charge in [-0.05, 0) is 58.1 Å². The van der Waals surface area contributed by atoms with Crippen LogP contribution in [0.3, 0.4) is 0 Å². The Morgan fingerprint density at radius 2 is 1.96 bits per heavy atom. The Hall–Kier alpha value is -1.53. The maximum atomic E-state index is 13.3. The summed E-state index contributed by atoms with van der Waals surface area (Å²) in [6.07, 6.45) is 6.26. The van der Waals surface area contributed by atoms with Crippen LogP contribution in [0.4, 0.5) is 0 Å². The van der Waals surface area contributed by atoms with Crippen molar-refractivity contribution in [2.45, 2.75) is 58.4 Å². The first-order valence-electron chi connectivity index (χ1n) is 10.4. The third-order valence-electron chi connectivity index (χ3n) is 6.87. The number of carbonyl (C=O) groups excluding carboxylic acids is 2. The van der Waals surface area contributed by atoms with Crippen molar-refractivity contribution in [1.29, 1.82) is 0 Å². The second-order valence-corrected chi connectivity index (χ2v) is 8.60. The molecule has 28 heavy (non-hydrogen) atoms. The minimum Gasteiger partial charge on any atom is -0.466 e. The van der Waals surface area contributed by atoms with Crippen LogP contribution in [0.1, 0.15) is 60.4 Å². The van der Waals surface area contributed by atoms with E-state index in [1.54, 1.807) is 6.07 Å². The summed E-state index contributed by atoms with van der Waals surface area (Å²) >= 11 is 0. The van der Waals surface area contributed by atoms with Crippen LogP contribution in [0.25, 0.3) is 0 Å². The fraction of sp³-hybridized carbons (Fsp3) is 0.714. The fourth-order valence-electron chi connectivity index (χ4n) is 5.33. The van der Waals surface area contributed by atoms with Gasteiger partial charge in [0.2, 0.25) is 5.91 Å². The van der Waals surface area contributed by atoms with Gasteiger partial charge in [0.15, 0.2) is 0 Å². The summed E-state index contributed by atoms with van der Waals surface area (Å²) in [6.45, 7) is 6.97. The zero-order chi connectivity index (χ0) is 19.0. The van der Waals surface area contributed by atoms with Gasteiger partial charge in [0, 0.05) is 25.7 Å². The molecule has 0 spiro atoms. The average molecular weight is 410 g/mol. The van der Waals surface area contributed by atoms with E-state index in [4.69, 9.17) is 4.42 Å². The first-order chi connectivity index (χ1) is 13.0. The number of piperidine rings is 1. The summed E-state index contributed by atoms with van der Waals surface area (Å²) in [5.41, 5.74) is 0.451. The number of hydrogen-bond donors (Lipinski definition) is 2. The summed E-state index contributed by atoms with van der Waals surface area (Å²) in [4.78, 5) is 27.9. The van der Waals surface area contributed by atoms with Crippen LogP contribution in [-0.2, 0) is 4.79 Å². The van der Waals surface area contributed by atoms with E-state index in [1.165, 1.54) is 19.3 Å². The number of fused-ring (bicyclic) bond motifs is 1. The molecular formula is C21H32ClN3O3. The summed E-state index contributed by atoms with van der Waals surface area (Å²) in [5, 5.41) is 6.60. The number of aryl methyl sites for hydroxylation is 2. The summed E-state index contributed by atoms with van der Waals surface area (Å²) < 4.78 is 5.46. The molecule has 3 aliphatic rings. The lowest BCUT2D eigenvalue weighted by atomic mass is 9.67. The highest BCUT2D eigenvalue weighted by Crippen LogP contribution is 2.45. The van der Waals surface area contributed by atoms with Crippen LogP contribution in [-0.4, -0.2) is 48.9 Å². The first kappa shape index (κ1) is 21.2. The van der Waals surface area contributed by atoms with E-state index in [9.17, 15) is 9.59 Å². The van der Waals surface area contributed by atoms with Crippen LogP contribution < -0.4 is 10.6 Å². The van der Waals surface area contributed by atoms with E-state index in [2.05, 4.69) is 15.5 Å². The summed E-state index contributed by atoms with van der Waals surface area (Å²) in [7, 11) is 0. The molecule has 2 saturated heterocycles. The first-order valence-corrected chi connectivity index (χ1v) is 10.4. The molecule has 6 nitrogen and oxygen atoms in total. The monoisotopic (exact) mass is 409 g/mol. The van der Waals surface area contributed by atoms with E-state index in [-0.39, 0.29) is 29.8 Å². The number of amides is 2. The fourth-order valence-corrected chi connectivity index (χ4v) is 5.33.